The highest BCUT2D eigenvalue weighted by Crippen LogP contribution is 2.37. The molecule has 182 valence electrons. The van der Waals surface area contributed by atoms with Crippen molar-refractivity contribution in [1.29, 1.82) is 0 Å². The van der Waals surface area contributed by atoms with Crippen LogP contribution in [0, 0.1) is 17.8 Å². The van der Waals surface area contributed by atoms with Gasteiger partial charge in [-0.05, 0) is 43.9 Å². The number of carbonyl (C=O) groups is 1. The predicted octanol–water partition coefficient (Wildman–Crippen LogP) is 8.24. The van der Waals surface area contributed by atoms with Gasteiger partial charge in [-0.25, -0.2) is 0 Å². The normalized spacial score (nSPS) is 24.9. The Kier molecular flexibility index (Phi) is 14.6. The molecule has 2 aliphatic rings. The van der Waals surface area contributed by atoms with Crippen LogP contribution in [0.2, 0.25) is 0 Å². The molecule has 0 saturated heterocycles. The van der Waals surface area contributed by atoms with Crippen molar-refractivity contribution in [2.45, 2.75) is 142 Å². The Hall–Kier alpha value is -0.570. The number of rotatable bonds is 16. The molecule has 0 aromatic carbocycles. The van der Waals surface area contributed by atoms with Crippen LogP contribution >= 0.6 is 0 Å². The lowest BCUT2D eigenvalue weighted by atomic mass is 9.73. The first-order valence-electron chi connectivity index (χ1n) is 14.0. The van der Waals surface area contributed by atoms with Gasteiger partial charge in [0.05, 0.1) is 18.6 Å². The highest BCUT2D eigenvalue weighted by molar-refractivity contribution is 5.72. The van der Waals surface area contributed by atoms with E-state index in [1.54, 1.807) is 0 Å². The molecule has 0 heterocycles. The number of hydrogen-bond acceptors (Lipinski definition) is 3. The fourth-order valence-electron chi connectivity index (χ4n) is 5.70. The van der Waals surface area contributed by atoms with Gasteiger partial charge in [-0.3, -0.25) is 4.79 Å². The van der Waals surface area contributed by atoms with Crippen molar-refractivity contribution in [3.8, 4) is 0 Å². The molecule has 2 rings (SSSR count). The zero-order valence-corrected chi connectivity index (χ0v) is 20.9. The summed E-state index contributed by atoms with van der Waals surface area (Å²) in [6, 6.07) is 0. The summed E-state index contributed by atoms with van der Waals surface area (Å²) in [6.45, 7) is 5.64. The molecule has 2 aliphatic carbocycles. The second-order valence-corrected chi connectivity index (χ2v) is 10.5. The largest absolute Gasteiger partial charge is 0.463 e. The molecule has 0 N–H and O–H groups in total. The van der Waals surface area contributed by atoms with Crippen LogP contribution in [0.5, 0.6) is 0 Å². The molecule has 0 spiro atoms. The molecule has 3 atom stereocenters. The van der Waals surface area contributed by atoms with Crippen molar-refractivity contribution in [2.75, 3.05) is 13.2 Å². The van der Waals surface area contributed by atoms with Crippen molar-refractivity contribution in [3.63, 3.8) is 0 Å². The maximum Gasteiger partial charge on any atom is 0.309 e. The molecule has 0 radical (unpaired) electrons. The van der Waals surface area contributed by atoms with Crippen LogP contribution in [0.1, 0.15) is 136 Å². The minimum atomic E-state index is 0.0245. The highest BCUT2D eigenvalue weighted by Gasteiger charge is 2.32. The van der Waals surface area contributed by atoms with Crippen LogP contribution in [0.25, 0.3) is 0 Å². The van der Waals surface area contributed by atoms with E-state index >= 15 is 0 Å². The summed E-state index contributed by atoms with van der Waals surface area (Å²) in [5.41, 5.74) is 0. The van der Waals surface area contributed by atoms with Gasteiger partial charge in [0.1, 0.15) is 6.61 Å². The SMILES string of the molecule is CCCCCCCCCCCCC1CCC(C(=O)OCCOC2CCCCC2)CC1C. The topological polar surface area (TPSA) is 35.5 Å². The number of ether oxygens (including phenoxy) is 2. The summed E-state index contributed by atoms with van der Waals surface area (Å²) in [6.07, 6.45) is 25.3. The summed E-state index contributed by atoms with van der Waals surface area (Å²) in [5, 5.41) is 0. The number of hydrogen-bond donors (Lipinski definition) is 0. The lowest BCUT2D eigenvalue weighted by Gasteiger charge is -2.33. The van der Waals surface area contributed by atoms with Gasteiger partial charge in [0, 0.05) is 0 Å². The number of carbonyl (C=O) groups excluding carboxylic acids is 1. The lowest BCUT2D eigenvalue weighted by molar-refractivity contribution is -0.153. The Labute approximate surface area is 193 Å². The minimum absolute atomic E-state index is 0.0245. The van der Waals surface area contributed by atoms with E-state index in [1.165, 1.54) is 109 Å². The quantitative estimate of drug-likeness (QED) is 0.180. The molecule has 0 aromatic rings. The zero-order chi connectivity index (χ0) is 22.2. The molecule has 3 nitrogen and oxygen atoms in total. The van der Waals surface area contributed by atoms with Crippen LogP contribution < -0.4 is 0 Å². The Morgan fingerprint density at radius 1 is 0.774 bits per heavy atom. The lowest BCUT2D eigenvalue weighted by Crippen LogP contribution is -2.30. The smallest absolute Gasteiger partial charge is 0.309 e. The molecule has 0 bridgehead atoms. The third-order valence-electron chi connectivity index (χ3n) is 7.84. The van der Waals surface area contributed by atoms with E-state index < -0.39 is 0 Å². The molecule has 0 aliphatic heterocycles. The summed E-state index contributed by atoms with van der Waals surface area (Å²) in [4.78, 5) is 12.5. The first-order chi connectivity index (χ1) is 15.2. The second-order valence-electron chi connectivity index (χ2n) is 10.5. The molecular formula is C28H52O3. The highest BCUT2D eigenvalue weighted by atomic mass is 16.6. The van der Waals surface area contributed by atoms with Gasteiger partial charge in [-0.1, -0.05) is 104 Å². The van der Waals surface area contributed by atoms with Gasteiger partial charge >= 0.3 is 5.97 Å². The molecule has 0 aromatic heterocycles. The fraction of sp³-hybridized carbons (Fsp3) is 0.964. The van der Waals surface area contributed by atoms with Gasteiger partial charge in [0.25, 0.3) is 0 Å². The molecule has 2 fully saturated rings. The Bertz CT molecular complexity index is 444. The monoisotopic (exact) mass is 436 g/mol. The number of esters is 1. The molecule has 3 heteroatoms. The van der Waals surface area contributed by atoms with Crippen LogP contribution in [0.15, 0.2) is 0 Å². The third-order valence-corrected chi connectivity index (χ3v) is 7.84. The van der Waals surface area contributed by atoms with Gasteiger partial charge < -0.3 is 9.47 Å². The van der Waals surface area contributed by atoms with E-state index in [2.05, 4.69) is 13.8 Å². The van der Waals surface area contributed by atoms with Crippen molar-refractivity contribution < 1.29 is 14.3 Å². The van der Waals surface area contributed by atoms with E-state index in [0.29, 0.717) is 25.2 Å². The van der Waals surface area contributed by atoms with Crippen molar-refractivity contribution in [1.82, 2.24) is 0 Å². The van der Waals surface area contributed by atoms with E-state index in [1.807, 2.05) is 0 Å². The van der Waals surface area contributed by atoms with Crippen LogP contribution in [0.3, 0.4) is 0 Å². The summed E-state index contributed by atoms with van der Waals surface area (Å²) in [5.74, 6) is 1.61. The number of unbranched alkanes of at least 4 members (excludes halogenated alkanes) is 9. The molecule has 2 saturated carbocycles. The van der Waals surface area contributed by atoms with Crippen LogP contribution in [-0.4, -0.2) is 25.3 Å². The Balaban J connectivity index is 1.45. The summed E-state index contributed by atoms with van der Waals surface area (Å²) < 4.78 is 11.4. The van der Waals surface area contributed by atoms with Gasteiger partial charge in [-0.2, -0.15) is 0 Å². The fourth-order valence-corrected chi connectivity index (χ4v) is 5.70. The maximum absolute atomic E-state index is 12.5. The van der Waals surface area contributed by atoms with E-state index in [4.69, 9.17) is 9.47 Å². The first kappa shape index (κ1) is 26.7. The molecule has 0 amide bonds. The maximum atomic E-state index is 12.5. The molecule has 3 unspecified atom stereocenters. The Morgan fingerprint density at radius 2 is 1.42 bits per heavy atom. The average molecular weight is 437 g/mol. The van der Waals surface area contributed by atoms with E-state index in [-0.39, 0.29) is 11.9 Å². The van der Waals surface area contributed by atoms with Crippen molar-refractivity contribution >= 4 is 5.97 Å². The standard InChI is InChI=1S/C28H52O3/c1-3-4-5-6-7-8-9-10-11-13-16-25-19-20-26(23-24(25)2)28(29)31-22-21-30-27-17-14-12-15-18-27/h24-27H,3-23H2,1-2H3. The van der Waals surface area contributed by atoms with E-state index in [0.717, 1.165) is 18.8 Å². The van der Waals surface area contributed by atoms with E-state index in [9.17, 15) is 4.79 Å². The van der Waals surface area contributed by atoms with Gasteiger partial charge in [0.15, 0.2) is 0 Å². The van der Waals surface area contributed by atoms with Crippen molar-refractivity contribution in [2.24, 2.45) is 17.8 Å². The second kappa shape index (κ2) is 17.0. The summed E-state index contributed by atoms with van der Waals surface area (Å²) in [7, 11) is 0. The molecular weight excluding hydrogens is 384 g/mol. The van der Waals surface area contributed by atoms with Gasteiger partial charge in [-0.15, -0.1) is 0 Å². The average Bonchev–Trinajstić information content (AvgIpc) is 2.79. The minimum Gasteiger partial charge on any atom is -0.463 e. The first-order valence-corrected chi connectivity index (χ1v) is 14.0. The van der Waals surface area contributed by atoms with Crippen molar-refractivity contribution in [3.05, 3.63) is 0 Å². The Morgan fingerprint density at radius 3 is 2.06 bits per heavy atom. The summed E-state index contributed by atoms with van der Waals surface area (Å²) >= 11 is 0. The zero-order valence-electron chi connectivity index (χ0n) is 20.9. The predicted molar refractivity (Wildman–Crippen MR) is 130 cm³/mol. The third kappa shape index (κ3) is 11.7. The van der Waals surface area contributed by atoms with Gasteiger partial charge in [0.2, 0.25) is 0 Å². The van der Waals surface area contributed by atoms with Crippen LogP contribution in [-0.2, 0) is 14.3 Å². The molecule has 31 heavy (non-hydrogen) atoms. The van der Waals surface area contributed by atoms with Crippen LogP contribution in [0.4, 0.5) is 0 Å².